The minimum Gasteiger partial charge on any atom is -0.495 e. The number of benzene rings is 1. The summed E-state index contributed by atoms with van der Waals surface area (Å²) in [5, 5.41) is 3.50. The van der Waals surface area contributed by atoms with E-state index >= 15 is 0 Å². The van der Waals surface area contributed by atoms with Crippen LogP contribution < -0.4 is 15.8 Å². The highest BCUT2D eigenvalue weighted by Gasteiger charge is 2.22. The van der Waals surface area contributed by atoms with Crippen molar-refractivity contribution in [1.82, 2.24) is 0 Å². The molecule has 0 spiro atoms. The molecule has 1 saturated carbocycles. The van der Waals surface area contributed by atoms with Crippen LogP contribution in [0.1, 0.15) is 25.7 Å². The van der Waals surface area contributed by atoms with Crippen molar-refractivity contribution in [3.8, 4) is 5.75 Å². The van der Waals surface area contributed by atoms with Gasteiger partial charge in [0.15, 0.2) is 0 Å². The van der Waals surface area contributed by atoms with Gasteiger partial charge in [-0.1, -0.05) is 25.0 Å². The first-order chi connectivity index (χ1) is 7.81. The van der Waals surface area contributed by atoms with Gasteiger partial charge in [-0.05, 0) is 25.0 Å². The summed E-state index contributed by atoms with van der Waals surface area (Å²) < 4.78 is 5.32. The first-order valence-corrected chi connectivity index (χ1v) is 5.96. The van der Waals surface area contributed by atoms with E-state index in [1.807, 2.05) is 24.3 Å². The minimum atomic E-state index is 0.263. The Morgan fingerprint density at radius 2 is 2.00 bits per heavy atom. The fourth-order valence-corrected chi connectivity index (χ4v) is 2.30. The molecule has 1 aromatic rings. The standard InChI is InChI=1S/C13H20N2O/c1-16-13-9-5-4-8-12(13)15-11-7-3-2-6-10(11)14/h4-5,8-11,15H,2-3,6-7,14H2,1H3/t10-,11+/m1/s1. The lowest BCUT2D eigenvalue weighted by atomic mass is 9.91. The SMILES string of the molecule is COc1ccccc1N[C@H]1CCCC[C@H]1N. The van der Waals surface area contributed by atoms with Crippen LogP contribution in [0, 0.1) is 0 Å². The Morgan fingerprint density at radius 1 is 1.25 bits per heavy atom. The third kappa shape index (κ3) is 2.47. The van der Waals surface area contributed by atoms with Gasteiger partial charge in [0.1, 0.15) is 5.75 Å². The maximum Gasteiger partial charge on any atom is 0.141 e. The van der Waals surface area contributed by atoms with E-state index in [9.17, 15) is 0 Å². The van der Waals surface area contributed by atoms with Crippen molar-refractivity contribution in [3.63, 3.8) is 0 Å². The predicted molar refractivity (Wildman–Crippen MR) is 66.8 cm³/mol. The molecule has 0 aromatic heterocycles. The van der Waals surface area contributed by atoms with E-state index in [0.29, 0.717) is 6.04 Å². The average molecular weight is 220 g/mol. The molecule has 0 saturated heterocycles. The van der Waals surface area contributed by atoms with Crippen molar-refractivity contribution in [3.05, 3.63) is 24.3 Å². The van der Waals surface area contributed by atoms with Gasteiger partial charge in [-0.3, -0.25) is 0 Å². The Bertz CT molecular complexity index is 340. The molecule has 0 amide bonds. The molecule has 0 aliphatic heterocycles. The number of anilines is 1. The van der Waals surface area contributed by atoms with Gasteiger partial charge < -0.3 is 15.8 Å². The van der Waals surface area contributed by atoms with Crippen LogP contribution in [-0.2, 0) is 0 Å². The molecule has 1 aromatic carbocycles. The van der Waals surface area contributed by atoms with Crippen LogP contribution in [0.4, 0.5) is 5.69 Å². The van der Waals surface area contributed by atoms with Gasteiger partial charge in [-0.25, -0.2) is 0 Å². The van der Waals surface area contributed by atoms with Crippen LogP contribution in [0.5, 0.6) is 5.75 Å². The molecule has 2 rings (SSSR count). The third-order valence-electron chi connectivity index (χ3n) is 3.27. The van der Waals surface area contributed by atoms with Crippen molar-refractivity contribution >= 4 is 5.69 Å². The molecule has 0 unspecified atom stereocenters. The number of nitrogens with two attached hydrogens (primary N) is 1. The lowest BCUT2D eigenvalue weighted by Crippen LogP contribution is -2.42. The molecular weight excluding hydrogens is 200 g/mol. The Morgan fingerprint density at radius 3 is 2.75 bits per heavy atom. The second kappa shape index (κ2) is 5.21. The van der Waals surface area contributed by atoms with Gasteiger partial charge in [0, 0.05) is 12.1 Å². The van der Waals surface area contributed by atoms with Crippen LogP contribution in [-0.4, -0.2) is 19.2 Å². The molecule has 2 atom stereocenters. The van der Waals surface area contributed by atoms with Crippen LogP contribution >= 0.6 is 0 Å². The zero-order valence-corrected chi connectivity index (χ0v) is 9.78. The molecule has 0 radical (unpaired) electrons. The monoisotopic (exact) mass is 220 g/mol. The topological polar surface area (TPSA) is 47.3 Å². The van der Waals surface area contributed by atoms with E-state index in [0.717, 1.165) is 24.3 Å². The fourth-order valence-electron chi connectivity index (χ4n) is 2.30. The van der Waals surface area contributed by atoms with Crippen LogP contribution in [0.3, 0.4) is 0 Å². The lowest BCUT2D eigenvalue weighted by Gasteiger charge is -2.30. The van der Waals surface area contributed by atoms with Crippen molar-refractivity contribution in [1.29, 1.82) is 0 Å². The zero-order valence-electron chi connectivity index (χ0n) is 9.78. The van der Waals surface area contributed by atoms with E-state index in [-0.39, 0.29) is 6.04 Å². The number of para-hydroxylation sites is 2. The van der Waals surface area contributed by atoms with E-state index in [2.05, 4.69) is 5.32 Å². The van der Waals surface area contributed by atoms with E-state index in [1.54, 1.807) is 7.11 Å². The maximum absolute atomic E-state index is 6.12. The normalized spacial score (nSPS) is 25.1. The molecule has 1 aliphatic carbocycles. The van der Waals surface area contributed by atoms with Crippen LogP contribution in [0.2, 0.25) is 0 Å². The van der Waals surface area contributed by atoms with Crippen molar-refractivity contribution < 1.29 is 4.74 Å². The summed E-state index contributed by atoms with van der Waals surface area (Å²) >= 11 is 0. The zero-order chi connectivity index (χ0) is 11.4. The van der Waals surface area contributed by atoms with Gasteiger partial charge in [0.05, 0.1) is 12.8 Å². The second-order valence-electron chi connectivity index (χ2n) is 4.40. The van der Waals surface area contributed by atoms with Crippen molar-refractivity contribution in [2.75, 3.05) is 12.4 Å². The predicted octanol–water partition coefficient (Wildman–Crippen LogP) is 2.38. The molecule has 3 nitrogen and oxygen atoms in total. The molecule has 1 aliphatic rings. The molecule has 3 heteroatoms. The molecule has 1 fully saturated rings. The first kappa shape index (κ1) is 11.3. The summed E-state index contributed by atoms with van der Waals surface area (Å²) in [5.41, 5.74) is 7.16. The van der Waals surface area contributed by atoms with Crippen molar-refractivity contribution in [2.45, 2.75) is 37.8 Å². The van der Waals surface area contributed by atoms with Crippen LogP contribution in [0.15, 0.2) is 24.3 Å². The quantitative estimate of drug-likeness (QED) is 0.822. The minimum absolute atomic E-state index is 0.263. The summed E-state index contributed by atoms with van der Waals surface area (Å²) in [5.74, 6) is 0.889. The first-order valence-electron chi connectivity index (χ1n) is 5.96. The van der Waals surface area contributed by atoms with Gasteiger partial charge in [-0.2, -0.15) is 0 Å². The lowest BCUT2D eigenvalue weighted by molar-refractivity contribution is 0.396. The number of nitrogens with one attached hydrogen (secondary N) is 1. The number of hydrogen-bond acceptors (Lipinski definition) is 3. The summed E-state index contributed by atoms with van der Waals surface area (Å²) in [6.45, 7) is 0. The van der Waals surface area contributed by atoms with Crippen LogP contribution in [0.25, 0.3) is 0 Å². The van der Waals surface area contributed by atoms with Gasteiger partial charge >= 0.3 is 0 Å². The molecule has 88 valence electrons. The molecule has 16 heavy (non-hydrogen) atoms. The molecule has 0 heterocycles. The number of ether oxygens (including phenoxy) is 1. The average Bonchev–Trinajstić information content (AvgIpc) is 2.33. The van der Waals surface area contributed by atoms with E-state index in [1.165, 1.54) is 12.8 Å². The second-order valence-corrected chi connectivity index (χ2v) is 4.40. The Hall–Kier alpha value is -1.22. The van der Waals surface area contributed by atoms with Gasteiger partial charge in [0.25, 0.3) is 0 Å². The van der Waals surface area contributed by atoms with E-state index in [4.69, 9.17) is 10.5 Å². The highest BCUT2D eigenvalue weighted by Crippen LogP contribution is 2.27. The summed E-state index contributed by atoms with van der Waals surface area (Å²) in [4.78, 5) is 0. The fraction of sp³-hybridized carbons (Fsp3) is 0.538. The highest BCUT2D eigenvalue weighted by atomic mass is 16.5. The Labute approximate surface area is 97.0 Å². The Balaban J connectivity index is 2.07. The largest absolute Gasteiger partial charge is 0.495 e. The highest BCUT2D eigenvalue weighted by molar-refractivity contribution is 5.56. The maximum atomic E-state index is 6.12. The van der Waals surface area contributed by atoms with Gasteiger partial charge in [0.2, 0.25) is 0 Å². The Kier molecular flexibility index (Phi) is 3.67. The third-order valence-corrected chi connectivity index (χ3v) is 3.27. The summed E-state index contributed by atoms with van der Waals surface area (Å²) in [6, 6.07) is 8.64. The van der Waals surface area contributed by atoms with E-state index < -0.39 is 0 Å². The molecule has 3 N–H and O–H groups in total. The molecular formula is C13H20N2O. The number of rotatable bonds is 3. The van der Waals surface area contributed by atoms with Crippen molar-refractivity contribution in [2.24, 2.45) is 5.73 Å². The summed E-state index contributed by atoms with van der Waals surface area (Å²) in [7, 11) is 1.70. The smallest absolute Gasteiger partial charge is 0.141 e. The summed E-state index contributed by atoms with van der Waals surface area (Å²) in [6.07, 6.45) is 4.79. The number of methoxy groups -OCH3 is 1. The molecule has 0 bridgehead atoms. The van der Waals surface area contributed by atoms with Gasteiger partial charge in [-0.15, -0.1) is 0 Å². The number of hydrogen-bond donors (Lipinski definition) is 2.